The van der Waals surface area contributed by atoms with Crippen molar-refractivity contribution in [2.24, 2.45) is 4.99 Å². The van der Waals surface area contributed by atoms with Gasteiger partial charge in [0.25, 0.3) is 5.91 Å². The van der Waals surface area contributed by atoms with E-state index in [4.69, 9.17) is 23.2 Å². The molecule has 154 valence electrons. The lowest BCUT2D eigenvalue weighted by atomic mass is 10.2. The Morgan fingerprint density at radius 1 is 1.18 bits per heavy atom. The van der Waals surface area contributed by atoms with Crippen molar-refractivity contribution < 1.29 is 9.59 Å². The number of aliphatic imine (C=N–C) groups is 1. The van der Waals surface area contributed by atoms with Crippen LogP contribution < -0.4 is 16.0 Å². The Morgan fingerprint density at radius 2 is 1.96 bits per heavy atom. The number of nitrogens with one attached hydrogen (secondary N) is 3. The zero-order chi connectivity index (χ0) is 20.4. The van der Waals surface area contributed by atoms with Crippen LogP contribution in [0.25, 0.3) is 0 Å². The number of amides is 2. The molecular formula is C19H27Cl2N5O2. The fourth-order valence-corrected chi connectivity index (χ4v) is 3.13. The van der Waals surface area contributed by atoms with Gasteiger partial charge in [0.1, 0.15) is 0 Å². The van der Waals surface area contributed by atoms with Gasteiger partial charge in [0, 0.05) is 51.3 Å². The lowest BCUT2D eigenvalue weighted by molar-refractivity contribution is -0.127. The summed E-state index contributed by atoms with van der Waals surface area (Å²) in [6, 6.07) is 4.78. The standard InChI is InChI=1S/C19H27Cl2N5O2/c1-2-22-19(24-8-4-12-26-11-3-5-17(26)27)25-10-9-23-18(28)14-6-7-15(20)16(21)13-14/h6-7,13H,2-5,8-12H2,1H3,(H,23,28)(H2,22,24,25). The average molecular weight is 428 g/mol. The SMILES string of the molecule is CCNC(=NCCCN1CCCC1=O)NCCNC(=O)c1ccc(Cl)c(Cl)c1. The van der Waals surface area contributed by atoms with E-state index in [-0.39, 0.29) is 11.8 Å². The summed E-state index contributed by atoms with van der Waals surface area (Å²) in [5.74, 6) is 0.725. The smallest absolute Gasteiger partial charge is 0.251 e. The zero-order valence-electron chi connectivity index (χ0n) is 16.1. The summed E-state index contributed by atoms with van der Waals surface area (Å²) in [5.41, 5.74) is 0.464. The summed E-state index contributed by atoms with van der Waals surface area (Å²) >= 11 is 11.8. The topological polar surface area (TPSA) is 85.8 Å². The van der Waals surface area contributed by atoms with Crippen LogP contribution in [0.15, 0.2) is 23.2 Å². The Kier molecular flexibility index (Phi) is 9.37. The molecule has 1 aliphatic rings. The minimum atomic E-state index is -0.211. The van der Waals surface area contributed by atoms with Crippen molar-refractivity contribution in [1.82, 2.24) is 20.9 Å². The molecule has 1 fully saturated rings. The number of carbonyl (C=O) groups excluding carboxylic acids is 2. The summed E-state index contributed by atoms with van der Waals surface area (Å²) in [6.07, 6.45) is 2.46. The van der Waals surface area contributed by atoms with Gasteiger partial charge < -0.3 is 20.9 Å². The van der Waals surface area contributed by atoms with E-state index in [2.05, 4.69) is 20.9 Å². The number of benzene rings is 1. The van der Waals surface area contributed by atoms with Gasteiger partial charge in [-0.3, -0.25) is 14.6 Å². The molecule has 7 nitrogen and oxygen atoms in total. The summed E-state index contributed by atoms with van der Waals surface area (Å²) in [7, 11) is 0. The van der Waals surface area contributed by atoms with Gasteiger partial charge in [-0.25, -0.2) is 0 Å². The van der Waals surface area contributed by atoms with Gasteiger partial charge in [-0.15, -0.1) is 0 Å². The molecule has 28 heavy (non-hydrogen) atoms. The van der Waals surface area contributed by atoms with E-state index in [1.807, 2.05) is 11.8 Å². The highest BCUT2D eigenvalue weighted by Crippen LogP contribution is 2.22. The fourth-order valence-electron chi connectivity index (χ4n) is 2.83. The maximum atomic E-state index is 12.1. The van der Waals surface area contributed by atoms with Crippen molar-refractivity contribution in [3.63, 3.8) is 0 Å². The lowest BCUT2D eigenvalue weighted by Gasteiger charge is -2.15. The maximum absolute atomic E-state index is 12.1. The van der Waals surface area contributed by atoms with Crippen molar-refractivity contribution >= 4 is 41.0 Å². The fraction of sp³-hybridized carbons (Fsp3) is 0.526. The van der Waals surface area contributed by atoms with Gasteiger partial charge in [0.15, 0.2) is 5.96 Å². The van der Waals surface area contributed by atoms with E-state index in [9.17, 15) is 9.59 Å². The van der Waals surface area contributed by atoms with Crippen LogP contribution in [-0.4, -0.2) is 61.9 Å². The number of carbonyl (C=O) groups is 2. The largest absolute Gasteiger partial charge is 0.357 e. The first-order valence-corrected chi connectivity index (χ1v) is 10.3. The van der Waals surface area contributed by atoms with Crippen LogP contribution >= 0.6 is 23.2 Å². The van der Waals surface area contributed by atoms with Gasteiger partial charge in [-0.05, 0) is 38.0 Å². The van der Waals surface area contributed by atoms with Gasteiger partial charge >= 0.3 is 0 Å². The van der Waals surface area contributed by atoms with E-state index in [1.165, 1.54) is 0 Å². The molecule has 9 heteroatoms. The Bertz CT molecular complexity index is 712. The Morgan fingerprint density at radius 3 is 2.64 bits per heavy atom. The quantitative estimate of drug-likeness (QED) is 0.320. The van der Waals surface area contributed by atoms with Crippen LogP contribution in [0.5, 0.6) is 0 Å². The third-order valence-corrected chi connectivity index (χ3v) is 5.00. The van der Waals surface area contributed by atoms with Crippen molar-refractivity contribution in [1.29, 1.82) is 0 Å². The van der Waals surface area contributed by atoms with Crippen molar-refractivity contribution in [3.05, 3.63) is 33.8 Å². The third kappa shape index (κ3) is 7.20. The second-order valence-corrected chi connectivity index (χ2v) is 7.22. The molecule has 0 bridgehead atoms. The summed E-state index contributed by atoms with van der Waals surface area (Å²) < 4.78 is 0. The molecule has 1 saturated heterocycles. The van der Waals surface area contributed by atoms with Crippen molar-refractivity contribution in [2.45, 2.75) is 26.2 Å². The highest BCUT2D eigenvalue weighted by atomic mass is 35.5. The minimum Gasteiger partial charge on any atom is -0.357 e. The molecule has 0 atom stereocenters. The molecule has 0 spiro atoms. The van der Waals surface area contributed by atoms with Crippen LogP contribution in [-0.2, 0) is 4.79 Å². The molecule has 0 unspecified atom stereocenters. The number of nitrogens with zero attached hydrogens (tertiary/aromatic N) is 2. The van der Waals surface area contributed by atoms with E-state index < -0.39 is 0 Å². The first-order valence-electron chi connectivity index (χ1n) is 9.54. The van der Waals surface area contributed by atoms with E-state index in [1.54, 1.807) is 18.2 Å². The first kappa shape index (κ1) is 22.3. The van der Waals surface area contributed by atoms with E-state index >= 15 is 0 Å². The summed E-state index contributed by atoms with van der Waals surface area (Å²) in [4.78, 5) is 30.1. The summed E-state index contributed by atoms with van der Waals surface area (Å²) in [5, 5.41) is 9.94. The minimum absolute atomic E-state index is 0.211. The van der Waals surface area contributed by atoms with Crippen LogP contribution in [0.3, 0.4) is 0 Å². The van der Waals surface area contributed by atoms with Crippen LogP contribution in [0.4, 0.5) is 0 Å². The number of hydrogen-bond donors (Lipinski definition) is 3. The number of halogens is 2. The molecule has 1 aromatic rings. The number of rotatable bonds is 9. The number of guanidine groups is 1. The predicted molar refractivity (Wildman–Crippen MR) is 113 cm³/mol. The van der Waals surface area contributed by atoms with Gasteiger partial charge in [0.2, 0.25) is 5.91 Å². The van der Waals surface area contributed by atoms with E-state index in [0.29, 0.717) is 47.6 Å². The molecule has 1 aliphatic heterocycles. The van der Waals surface area contributed by atoms with E-state index in [0.717, 1.165) is 32.5 Å². The average Bonchev–Trinajstić information content (AvgIpc) is 3.09. The molecule has 3 N–H and O–H groups in total. The normalized spacial score (nSPS) is 14.3. The van der Waals surface area contributed by atoms with Crippen LogP contribution in [0.2, 0.25) is 10.0 Å². The highest BCUT2D eigenvalue weighted by Gasteiger charge is 2.18. The molecule has 0 radical (unpaired) electrons. The monoisotopic (exact) mass is 427 g/mol. The van der Waals surface area contributed by atoms with Crippen LogP contribution in [0, 0.1) is 0 Å². The molecule has 0 saturated carbocycles. The maximum Gasteiger partial charge on any atom is 0.251 e. The van der Waals surface area contributed by atoms with Gasteiger partial charge in [-0.2, -0.15) is 0 Å². The van der Waals surface area contributed by atoms with Crippen molar-refractivity contribution in [3.8, 4) is 0 Å². The summed E-state index contributed by atoms with van der Waals surface area (Å²) in [6.45, 7) is 5.95. The Hall–Kier alpha value is -1.99. The second-order valence-electron chi connectivity index (χ2n) is 6.41. The molecule has 2 rings (SSSR count). The molecule has 2 amide bonds. The number of likely N-dealkylation sites (tertiary alicyclic amines) is 1. The predicted octanol–water partition coefficient (Wildman–Crippen LogP) is 2.29. The van der Waals surface area contributed by atoms with Crippen molar-refractivity contribution in [2.75, 3.05) is 39.3 Å². The molecule has 0 aromatic heterocycles. The third-order valence-electron chi connectivity index (χ3n) is 4.26. The second kappa shape index (κ2) is 11.8. The van der Waals surface area contributed by atoms with Crippen LogP contribution in [0.1, 0.15) is 36.5 Å². The highest BCUT2D eigenvalue weighted by molar-refractivity contribution is 6.42. The molecule has 0 aliphatic carbocycles. The lowest BCUT2D eigenvalue weighted by Crippen LogP contribution is -2.41. The van der Waals surface area contributed by atoms with Gasteiger partial charge in [0.05, 0.1) is 10.0 Å². The van der Waals surface area contributed by atoms with Gasteiger partial charge in [-0.1, -0.05) is 23.2 Å². The molecule has 1 heterocycles. The molecule has 1 aromatic carbocycles. The zero-order valence-corrected chi connectivity index (χ0v) is 17.6. The molecular weight excluding hydrogens is 401 g/mol. The Labute approximate surface area is 175 Å². The first-order chi connectivity index (χ1) is 13.5. The number of hydrogen-bond acceptors (Lipinski definition) is 3. The Balaban J connectivity index is 1.69.